The first kappa shape index (κ1) is 12.0. The lowest BCUT2D eigenvalue weighted by Gasteiger charge is -2.08. The number of nitrogens with two attached hydrogens (primary N) is 1. The summed E-state index contributed by atoms with van der Waals surface area (Å²) >= 11 is 0. The smallest absolute Gasteiger partial charge is 0.0706 e. The molecule has 0 unspecified atom stereocenters. The molecule has 0 saturated carbocycles. The van der Waals surface area contributed by atoms with Crippen molar-refractivity contribution < 1.29 is 0 Å². The minimum Gasteiger partial charge on any atom is -0.323 e. The third-order valence-electron chi connectivity index (χ3n) is 2.44. The molecule has 0 aliphatic heterocycles. The predicted molar refractivity (Wildman–Crippen MR) is 66.2 cm³/mol. The molecule has 2 N–H and O–H groups in total. The topological polar surface area (TPSA) is 38.9 Å². The van der Waals surface area contributed by atoms with Crippen LogP contribution in [0, 0.1) is 0 Å². The number of halogens is 1. The van der Waals surface area contributed by atoms with Crippen molar-refractivity contribution in [3.63, 3.8) is 0 Å². The van der Waals surface area contributed by atoms with E-state index in [2.05, 4.69) is 24.0 Å². The van der Waals surface area contributed by atoms with E-state index in [1.165, 1.54) is 5.39 Å². The van der Waals surface area contributed by atoms with Gasteiger partial charge in [-0.2, -0.15) is 0 Å². The maximum atomic E-state index is 5.92. The lowest BCUT2D eigenvalue weighted by atomic mass is 10.1. The quantitative estimate of drug-likeness (QED) is 0.848. The Labute approximate surface area is 95.9 Å². The van der Waals surface area contributed by atoms with E-state index in [4.69, 9.17) is 5.73 Å². The molecule has 3 heteroatoms. The monoisotopic (exact) mass is 222 g/mol. The van der Waals surface area contributed by atoms with E-state index in [9.17, 15) is 0 Å². The van der Waals surface area contributed by atoms with Crippen molar-refractivity contribution in [3.8, 4) is 0 Å². The van der Waals surface area contributed by atoms with Gasteiger partial charge in [-0.3, -0.25) is 4.98 Å². The van der Waals surface area contributed by atoms with Gasteiger partial charge in [0.2, 0.25) is 0 Å². The van der Waals surface area contributed by atoms with Crippen molar-refractivity contribution in [1.82, 2.24) is 4.98 Å². The number of hydrogen-bond acceptors (Lipinski definition) is 2. The van der Waals surface area contributed by atoms with E-state index in [0.29, 0.717) is 0 Å². The average Bonchev–Trinajstić information content (AvgIpc) is 2.27. The molecular weight excluding hydrogens is 208 g/mol. The van der Waals surface area contributed by atoms with Gasteiger partial charge in [-0.15, -0.1) is 12.4 Å². The molecule has 0 aliphatic carbocycles. The highest BCUT2D eigenvalue weighted by Crippen LogP contribution is 2.16. The SMILES string of the molecule is CC[C@@H](N)c1ccc2ccccc2n1.Cl. The second-order valence-corrected chi connectivity index (χ2v) is 3.44. The first-order chi connectivity index (χ1) is 6.81. The molecule has 0 amide bonds. The van der Waals surface area contributed by atoms with Crippen LogP contribution in [-0.4, -0.2) is 4.98 Å². The normalized spacial score (nSPS) is 12.1. The van der Waals surface area contributed by atoms with Crippen LogP contribution >= 0.6 is 12.4 Å². The highest BCUT2D eigenvalue weighted by molar-refractivity contribution is 5.85. The highest BCUT2D eigenvalue weighted by atomic mass is 35.5. The number of fused-ring (bicyclic) bond motifs is 1. The van der Waals surface area contributed by atoms with Crippen LogP contribution in [-0.2, 0) is 0 Å². The predicted octanol–water partition coefficient (Wildman–Crippen LogP) is 3.07. The van der Waals surface area contributed by atoms with E-state index >= 15 is 0 Å². The van der Waals surface area contributed by atoms with Crippen molar-refractivity contribution >= 4 is 23.3 Å². The Balaban J connectivity index is 0.00000112. The Kier molecular flexibility index (Phi) is 4.06. The fourth-order valence-corrected chi connectivity index (χ4v) is 1.50. The zero-order chi connectivity index (χ0) is 9.97. The molecular formula is C12H15ClN2. The van der Waals surface area contributed by atoms with Gasteiger partial charge in [-0.05, 0) is 18.6 Å². The summed E-state index contributed by atoms with van der Waals surface area (Å²) in [6.07, 6.45) is 0.922. The molecule has 0 aliphatic rings. The van der Waals surface area contributed by atoms with Gasteiger partial charge in [0.05, 0.1) is 11.2 Å². The van der Waals surface area contributed by atoms with Crippen LogP contribution in [0.25, 0.3) is 10.9 Å². The van der Waals surface area contributed by atoms with Crippen LogP contribution in [0.15, 0.2) is 36.4 Å². The van der Waals surface area contributed by atoms with E-state index < -0.39 is 0 Å². The minimum atomic E-state index is 0. The second-order valence-electron chi connectivity index (χ2n) is 3.44. The summed E-state index contributed by atoms with van der Waals surface area (Å²) in [5.74, 6) is 0. The fraction of sp³-hybridized carbons (Fsp3) is 0.250. The molecule has 1 aromatic heterocycles. The first-order valence-electron chi connectivity index (χ1n) is 4.92. The minimum absolute atomic E-state index is 0. The number of nitrogens with zero attached hydrogens (tertiary/aromatic N) is 1. The highest BCUT2D eigenvalue weighted by Gasteiger charge is 2.04. The third-order valence-corrected chi connectivity index (χ3v) is 2.44. The molecule has 2 nitrogen and oxygen atoms in total. The summed E-state index contributed by atoms with van der Waals surface area (Å²) in [4.78, 5) is 4.52. The number of para-hydroxylation sites is 1. The molecule has 0 saturated heterocycles. The van der Waals surface area contributed by atoms with Gasteiger partial charge in [-0.1, -0.05) is 31.2 Å². The van der Waals surface area contributed by atoms with Gasteiger partial charge in [0.15, 0.2) is 0 Å². The molecule has 80 valence electrons. The van der Waals surface area contributed by atoms with E-state index in [0.717, 1.165) is 17.6 Å². The number of pyridine rings is 1. The summed E-state index contributed by atoms with van der Waals surface area (Å²) in [7, 11) is 0. The Bertz CT molecular complexity index is 442. The Morgan fingerprint density at radius 2 is 1.93 bits per heavy atom. The molecule has 2 aromatic rings. The lowest BCUT2D eigenvalue weighted by Crippen LogP contribution is -2.10. The first-order valence-corrected chi connectivity index (χ1v) is 4.92. The Hall–Kier alpha value is -1.12. The number of rotatable bonds is 2. The molecule has 0 radical (unpaired) electrons. The molecule has 0 bridgehead atoms. The van der Waals surface area contributed by atoms with Gasteiger partial charge >= 0.3 is 0 Å². The summed E-state index contributed by atoms with van der Waals surface area (Å²) in [6, 6.07) is 12.2. The van der Waals surface area contributed by atoms with Crippen molar-refractivity contribution in [2.75, 3.05) is 0 Å². The van der Waals surface area contributed by atoms with Gasteiger partial charge in [0, 0.05) is 11.4 Å². The number of hydrogen-bond donors (Lipinski definition) is 1. The third kappa shape index (κ3) is 2.46. The molecule has 1 atom stereocenters. The summed E-state index contributed by atoms with van der Waals surface area (Å²) in [5, 5.41) is 1.17. The van der Waals surface area contributed by atoms with E-state index in [1.54, 1.807) is 0 Å². The van der Waals surface area contributed by atoms with Gasteiger partial charge in [0.1, 0.15) is 0 Å². The fourth-order valence-electron chi connectivity index (χ4n) is 1.50. The summed E-state index contributed by atoms with van der Waals surface area (Å²) in [5.41, 5.74) is 7.92. The summed E-state index contributed by atoms with van der Waals surface area (Å²) in [6.45, 7) is 2.07. The molecule has 2 rings (SSSR count). The largest absolute Gasteiger partial charge is 0.323 e. The van der Waals surface area contributed by atoms with Crippen molar-refractivity contribution in [2.45, 2.75) is 19.4 Å². The number of benzene rings is 1. The summed E-state index contributed by atoms with van der Waals surface area (Å²) < 4.78 is 0. The van der Waals surface area contributed by atoms with Crippen LogP contribution in [0.2, 0.25) is 0 Å². The Morgan fingerprint density at radius 3 is 2.67 bits per heavy atom. The number of aromatic nitrogens is 1. The van der Waals surface area contributed by atoms with Crippen molar-refractivity contribution in [1.29, 1.82) is 0 Å². The molecule has 0 spiro atoms. The zero-order valence-corrected chi connectivity index (χ0v) is 9.50. The maximum absolute atomic E-state index is 5.92. The standard InChI is InChI=1S/C12H14N2.ClH/c1-2-10(13)12-8-7-9-5-3-4-6-11(9)14-12;/h3-8,10H,2,13H2,1H3;1H/t10-;/m1./s1. The van der Waals surface area contributed by atoms with Gasteiger partial charge < -0.3 is 5.73 Å². The molecule has 15 heavy (non-hydrogen) atoms. The van der Waals surface area contributed by atoms with E-state index in [1.807, 2.05) is 24.3 Å². The van der Waals surface area contributed by atoms with Gasteiger partial charge in [0.25, 0.3) is 0 Å². The zero-order valence-electron chi connectivity index (χ0n) is 8.68. The van der Waals surface area contributed by atoms with Crippen LogP contribution in [0.4, 0.5) is 0 Å². The van der Waals surface area contributed by atoms with E-state index in [-0.39, 0.29) is 18.4 Å². The molecule has 1 heterocycles. The van der Waals surface area contributed by atoms with Crippen LogP contribution < -0.4 is 5.73 Å². The maximum Gasteiger partial charge on any atom is 0.0706 e. The Morgan fingerprint density at radius 1 is 1.20 bits per heavy atom. The second kappa shape index (κ2) is 5.10. The molecule has 1 aromatic carbocycles. The van der Waals surface area contributed by atoms with Crippen molar-refractivity contribution in [2.24, 2.45) is 5.73 Å². The van der Waals surface area contributed by atoms with Gasteiger partial charge in [-0.25, -0.2) is 0 Å². The van der Waals surface area contributed by atoms with Crippen molar-refractivity contribution in [3.05, 3.63) is 42.1 Å². The lowest BCUT2D eigenvalue weighted by molar-refractivity contribution is 0.679. The molecule has 0 fully saturated rings. The van der Waals surface area contributed by atoms with Crippen LogP contribution in [0.1, 0.15) is 25.1 Å². The average molecular weight is 223 g/mol. The van der Waals surface area contributed by atoms with Crippen LogP contribution in [0.3, 0.4) is 0 Å². The van der Waals surface area contributed by atoms with Crippen LogP contribution in [0.5, 0.6) is 0 Å².